The van der Waals surface area contributed by atoms with Gasteiger partial charge in [-0.05, 0) is 38.0 Å². The van der Waals surface area contributed by atoms with E-state index in [1.807, 2.05) is 6.92 Å². The first-order valence-corrected chi connectivity index (χ1v) is 6.58. The van der Waals surface area contributed by atoms with Crippen LogP contribution in [0.5, 0.6) is 0 Å². The van der Waals surface area contributed by atoms with Crippen LogP contribution < -0.4 is 0 Å². The molecular weight excluding hydrogens is 216 g/mol. The van der Waals surface area contributed by atoms with E-state index in [-0.39, 0.29) is 22.9 Å². The van der Waals surface area contributed by atoms with Crippen molar-refractivity contribution in [2.45, 2.75) is 52.6 Å². The van der Waals surface area contributed by atoms with Crippen molar-refractivity contribution in [2.75, 3.05) is 0 Å². The molecule has 2 aliphatic rings. The first-order valence-electron chi connectivity index (χ1n) is 6.58. The van der Waals surface area contributed by atoms with Crippen LogP contribution >= 0.6 is 0 Å². The molecule has 2 saturated carbocycles. The van der Waals surface area contributed by atoms with Crippen LogP contribution in [0.1, 0.15) is 46.5 Å². The van der Waals surface area contributed by atoms with Crippen LogP contribution in [0.3, 0.4) is 0 Å². The minimum Gasteiger partial charge on any atom is -0.392 e. The van der Waals surface area contributed by atoms with E-state index < -0.39 is 6.10 Å². The number of Topliss-reactive ketones (excluding diaryl/α,β-unsaturated/α-hetero) is 2. The fourth-order valence-electron chi connectivity index (χ4n) is 3.89. The first-order chi connectivity index (χ1) is 7.86. The third-order valence-electron chi connectivity index (χ3n) is 4.99. The van der Waals surface area contributed by atoms with Gasteiger partial charge < -0.3 is 9.90 Å². The van der Waals surface area contributed by atoms with Crippen molar-refractivity contribution in [3.63, 3.8) is 0 Å². The monoisotopic (exact) mass is 238 g/mol. The number of ketones is 2. The second-order valence-corrected chi connectivity index (χ2v) is 6.21. The third kappa shape index (κ3) is 1.95. The smallest absolute Gasteiger partial charge is 0.144 e. The van der Waals surface area contributed by atoms with E-state index in [9.17, 15) is 14.7 Å². The van der Waals surface area contributed by atoms with Crippen LogP contribution in [0.15, 0.2) is 0 Å². The lowest BCUT2D eigenvalue weighted by atomic mass is 9.69. The summed E-state index contributed by atoms with van der Waals surface area (Å²) in [5.41, 5.74) is -0.382. The van der Waals surface area contributed by atoms with Gasteiger partial charge in [-0.2, -0.15) is 0 Å². The summed E-state index contributed by atoms with van der Waals surface area (Å²) in [6.45, 7) is 5.69. The topological polar surface area (TPSA) is 54.4 Å². The molecule has 0 saturated heterocycles. The molecular formula is C14H22O3. The Morgan fingerprint density at radius 2 is 2.12 bits per heavy atom. The summed E-state index contributed by atoms with van der Waals surface area (Å²) in [6.07, 6.45) is 2.22. The normalized spacial score (nSPS) is 45.1. The van der Waals surface area contributed by atoms with Crippen molar-refractivity contribution in [3.05, 3.63) is 0 Å². The molecule has 0 unspecified atom stereocenters. The molecule has 17 heavy (non-hydrogen) atoms. The number of carbonyl (C=O) groups excluding carboxylic acids is 2. The van der Waals surface area contributed by atoms with Crippen LogP contribution in [0.2, 0.25) is 0 Å². The zero-order valence-corrected chi connectivity index (χ0v) is 10.9. The van der Waals surface area contributed by atoms with E-state index in [1.165, 1.54) is 0 Å². The summed E-state index contributed by atoms with van der Waals surface area (Å²) in [5, 5.41) is 9.96. The minimum absolute atomic E-state index is 0.147. The quantitative estimate of drug-likeness (QED) is 0.817. The van der Waals surface area contributed by atoms with Gasteiger partial charge in [-0.3, -0.25) is 4.79 Å². The number of aliphatic hydroxyl groups excluding tert-OH is 1. The maximum atomic E-state index is 12.4. The first kappa shape index (κ1) is 12.7. The van der Waals surface area contributed by atoms with E-state index in [0.29, 0.717) is 24.7 Å². The number of hydrogen-bond acceptors (Lipinski definition) is 3. The fraction of sp³-hybridized carbons (Fsp3) is 0.857. The summed E-state index contributed by atoms with van der Waals surface area (Å²) >= 11 is 0. The molecule has 1 N–H and O–H groups in total. The third-order valence-corrected chi connectivity index (χ3v) is 4.99. The Morgan fingerprint density at radius 1 is 1.47 bits per heavy atom. The lowest BCUT2D eigenvalue weighted by Gasteiger charge is -2.35. The molecule has 3 heteroatoms. The number of carbonyl (C=O) groups is 2. The molecule has 0 heterocycles. The van der Waals surface area contributed by atoms with Crippen LogP contribution in [-0.4, -0.2) is 22.8 Å². The zero-order valence-electron chi connectivity index (χ0n) is 10.9. The Hall–Kier alpha value is -0.700. The largest absolute Gasteiger partial charge is 0.392 e. The highest BCUT2D eigenvalue weighted by atomic mass is 16.3. The Bertz CT molecular complexity index is 349. The maximum absolute atomic E-state index is 12.4. The van der Waals surface area contributed by atoms with E-state index in [2.05, 4.69) is 6.92 Å². The molecule has 96 valence electrons. The highest BCUT2D eigenvalue weighted by Crippen LogP contribution is 2.55. The van der Waals surface area contributed by atoms with Crippen molar-refractivity contribution < 1.29 is 14.7 Å². The van der Waals surface area contributed by atoms with Gasteiger partial charge in [-0.1, -0.05) is 13.8 Å². The van der Waals surface area contributed by atoms with Crippen molar-refractivity contribution in [2.24, 2.45) is 23.2 Å². The van der Waals surface area contributed by atoms with Crippen molar-refractivity contribution in [3.8, 4) is 0 Å². The van der Waals surface area contributed by atoms with Crippen LogP contribution in [0.25, 0.3) is 0 Å². The molecule has 0 spiro atoms. The fourth-order valence-corrected chi connectivity index (χ4v) is 3.89. The van der Waals surface area contributed by atoms with Gasteiger partial charge in [-0.25, -0.2) is 0 Å². The minimum atomic E-state index is -0.465. The van der Waals surface area contributed by atoms with Crippen LogP contribution in [-0.2, 0) is 9.59 Å². The average Bonchev–Trinajstić information content (AvgIpc) is 2.47. The second-order valence-electron chi connectivity index (χ2n) is 6.21. The molecule has 2 bridgehead atoms. The Morgan fingerprint density at radius 3 is 2.71 bits per heavy atom. The Balaban J connectivity index is 2.22. The van der Waals surface area contributed by atoms with Gasteiger partial charge in [0, 0.05) is 17.8 Å². The Labute approximate surface area is 103 Å². The maximum Gasteiger partial charge on any atom is 0.144 e. The predicted molar refractivity (Wildman–Crippen MR) is 64.4 cm³/mol. The molecule has 3 nitrogen and oxygen atoms in total. The van der Waals surface area contributed by atoms with Gasteiger partial charge in [0.2, 0.25) is 0 Å². The van der Waals surface area contributed by atoms with Gasteiger partial charge in [-0.15, -0.1) is 0 Å². The highest BCUT2D eigenvalue weighted by molar-refractivity contribution is 5.90. The lowest BCUT2D eigenvalue weighted by Crippen LogP contribution is -2.32. The molecule has 0 radical (unpaired) electrons. The number of fused-ring (bicyclic) bond motifs is 2. The predicted octanol–water partition coefficient (Wildman–Crippen LogP) is 1.97. The Kier molecular flexibility index (Phi) is 3.15. The highest BCUT2D eigenvalue weighted by Gasteiger charge is 2.57. The number of hydrogen-bond donors (Lipinski definition) is 1. The summed E-state index contributed by atoms with van der Waals surface area (Å²) in [6, 6.07) is 0. The van der Waals surface area contributed by atoms with Gasteiger partial charge in [0.05, 0.1) is 6.10 Å². The molecule has 2 fully saturated rings. The van der Waals surface area contributed by atoms with Crippen molar-refractivity contribution >= 4 is 11.6 Å². The average molecular weight is 238 g/mol. The molecule has 0 aromatic carbocycles. The lowest BCUT2D eigenvalue weighted by molar-refractivity contribution is -0.131. The van der Waals surface area contributed by atoms with Crippen LogP contribution in [0, 0.1) is 23.2 Å². The molecule has 2 aliphatic carbocycles. The van der Waals surface area contributed by atoms with Gasteiger partial charge in [0.15, 0.2) is 0 Å². The van der Waals surface area contributed by atoms with Crippen LogP contribution in [0.4, 0.5) is 0 Å². The SMILES string of the molecule is CC(=O)CC[C@@]1(C)C(=O)[C@H]2C[C@@H]1[C@H](C)C[C@H]2O. The summed E-state index contributed by atoms with van der Waals surface area (Å²) in [4.78, 5) is 23.5. The molecule has 0 aromatic heterocycles. The van der Waals surface area contributed by atoms with Crippen molar-refractivity contribution in [1.29, 1.82) is 0 Å². The summed E-state index contributed by atoms with van der Waals surface area (Å²) in [7, 11) is 0. The second kappa shape index (κ2) is 4.20. The zero-order chi connectivity index (χ0) is 12.8. The van der Waals surface area contributed by atoms with Crippen molar-refractivity contribution in [1.82, 2.24) is 0 Å². The molecule has 0 aliphatic heterocycles. The molecule has 5 atom stereocenters. The number of rotatable bonds is 3. The summed E-state index contributed by atoms with van der Waals surface area (Å²) < 4.78 is 0. The molecule has 0 aromatic rings. The van der Waals surface area contributed by atoms with Gasteiger partial charge >= 0.3 is 0 Å². The van der Waals surface area contributed by atoms with Gasteiger partial charge in [0.25, 0.3) is 0 Å². The van der Waals surface area contributed by atoms with E-state index in [1.54, 1.807) is 6.92 Å². The van der Waals surface area contributed by atoms with E-state index >= 15 is 0 Å². The molecule has 0 amide bonds. The molecule has 2 rings (SSSR count). The standard InChI is InChI=1S/C14H22O3/c1-8-6-12(16)10-7-11(8)14(3,13(10)17)5-4-9(2)15/h8,10-12,16H,4-7H2,1-3H3/t8-,10+,11-,12-,14-/m1/s1. The van der Waals surface area contributed by atoms with Gasteiger partial charge in [0.1, 0.15) is 11.6 Å². The summed E-state index contributed by atoms with van der Waals surface area (Å²) in [5.74, 6) is 0.898. The number of aliphatic hydroxyl groups is 1. The van der Waals surface area contributed by atoms with E-state index in [4.69, 9.17) is 0 Å². The van der Waals surface area contributed by atoms with E-state index in [0.717, 1.165) is 12.8 Å².